The number of rotatable bonds is 3. The summed E-state index contributed by atoms with van der Waals surface area (Å²) in [6.45, 7) is 0.329. The second kappa shape index (κ2) is 4.81. The van der Waals surface area contributed by atoms with Gasteiger partial charge in [-0.05, 0) is 24.9 Å². The van der Waals surface area contributed by atoms with Crippen LogP contribution in [0.1, 0.15) is 17.5 Å². The molecule has 15 heavy (non-hydrogen) atoms. The van der Waals surface area contributed by atoms with Gasteiger partial charge in [0.05, 0.1) is 10.6 Å². The van der Waals surface area contributed by atoms with Crippen molar-refractivity contribution in [3.8, 4) is 0 Å². The molecule has 0 unspecified atom stereocenters. The molecular weight excluding hydrogens is 229 g/mol. The number of alkyl halides is 3. The van der Waals surface area contributed by atoms with Gasteiger partial charge in [0, 0.05) is 12.4 Å². The first kappa shape index (κ1) is 12.3. The first-order valence-corrected chi connectivity index (χ1v) is 4.74. The SMILES string of the molecule is NCCCc1c(Cl)cncc1C(F)(F)F. The highest BCUT2D eigenvalue weighted by atomic mass is 35.5. The van der Waals surface area contributed by atoms with Crippen molar-refractivity contribution in [2.24, 2.45) is 5.73 Å². The molecule has 0 saturated carbocycles. The Balaban J connectivity index is 3.09. The highest BCUT2D eigenvalue weighted by molar-refractivity contribution is 6.31. The molecule has 84 valence electrons. The largest absolute Gasteiger partial charge is 0.418 e. The lowest BCUT2D eigenvalue weighted by molar-refractivity contribution is -0.138. The predicted octanol–water partition coefficient (Wildman–Crippen LogP) is 2.65. The topological polar surface area (TPSA) is 38.9 Å². The highest BCUT2D eigenvalue weighted by Gasteiger charge is 2.34. The van der Waals surface area contributed by atoms with Gasteiger partial charge in [-0.15, -0.1) is 0 Å². The normalized spacial score (nSPS) is 11.8. The van der Waals surface area contributed by atoms with Gasteiger partial charge in [-0.2, -0.15) is 13.2 Å². The van der Waals surface area contributed by atoms with E-state index in [-0.39, 0.29) is 17.0 Å². The predicted molar refractivity (Wildman–Crippen MR) is 51.6 cm³/mol. The van der Waals surface area contributed by atoms with Gasteiger partial charge in [0.25, 0.3) is 0 Å². The van der Waals surface area contributed by atoms with Crippen LogP contribution in [0.25, 0.3) is 0 Å². The van der Waals surface area contributed by atoms with Gasteiger partial charge < -0.3 is 5.73 Å². The zero-order valence-corrected chi connectivity index (χ0v) is 8.57. The van der Waals surface area contributed by atoms with Crippen molar-refractivity contribution in [1.82, 2.24) is 4.98 Å². The molecule has 0 spiro atoms. The molecule has 0 bridgehead atoms. The van der Waals surface area contributed by atoms with E-state index in [1.807, 2.05) is 0 Å². The Morgan fingerprint density at radius 1 is 1.33 bits per heavy atom. The fourth-order valence-electron chi connectivity index (χ4n) is 1.24. The van der Waals surface area contributed by atoms with Crippen LogP contribution in [0.2, 0.25) is 5.02 Å². The smallest absolute Gasteiger partial charge is 0.330 e. The monoisotopic (exact) mass is 238 g/mol. The summed E-state index contributed by atoms with van der Waals surface area (Å²) < 4.78 is 37.6. The third kappa shape index (κ3) is 3.07. The van der Waals surface area contributed by atoms with E-state index in [0.717, 1.165) is 6.20 Å². The molecule has 0 aliphatic rings. The van der Waals surface area contributed by atoms with Crippen molar-refractivity contribution in [2.45, 2.75) is 19.0 Å². The van der Waals surface area contributed by atoms with E-state index in [1.165, 1.54) is 6.20 Å². The maximum Gasteiger partial charge on any atom is 0.418 e. The van der Waals surface area contributed by atoms with E-state index >= 15 is 0 Å². The lowest BCUT2D eigenvalue weighted by atomic mass is 10.1. The second-order valence-electron chi connectivity index (χ2n) is 3.04. The Hall–Kier alpha value is -0.810. The first-order valence-electron chi connectivity index (χ1n) is 4.36. The Kier molecular flexibility index (Phi) is 3.93. The van der Waals surface area contributed by atoms with Gasteiger partial charge >= 0.3 is 6.18 Å². The average molecular weight is 239 g/mol. The number of hydrogen-bond donors (Lipinski definition) is 1. The van der Waals surface area contributed by atoms with Crippen molar-refractivity contribution in [3.63, 3.8) is 0 Å². The third-order valence-electron chi connectivity index (χ3n) is 1.94. The molecule has 0 aliphatic carbocycles. The molecule has 0 fully saturated rings. The minimum absolute atomic E-state index is 0.0401. The number of hydrogen-bond acceptors (Lipinski definition) is 2. The molecule has 0 radical (unpaired) electrons. The number of nitrogens with zero attached hydrogens (tertiary/aromatic N) is 1. The zero-order valence-electron chi connectivity index (χ0n) is 7.81. The van der Waals surface area contributed by atoms with Crippen LogP contribution in [0.3, 0.4) is 0 Å². The van der Waals surface area contributed by atoms with Gasteiger partial charge in [-0.3, -0.25) is 4.98 Å². The van der Waals surface area contributed by atoms with Gasteiger partial charge in [-0.25, -0.2) is 0 Å². The quantitative estimate of drug-likeness (QED) is 0.879. The van der Waals surface area contributed by atoms with Gasteiger partial charge in [0.1, 0.15) is 0 Å². The molecule has 0 saturated heterocycles. The number of pyridine rings is 1. The van der Waals surface area contributed by atoms with Crippen LogP contribution in [0.4, 0.5) is 13.2 Å². The van der Waals surface area contributed by atoms with Crippen molar-refractivity contribution < 1.29 is 13.2 Å². The lowest BCUT2D eigenvalue weighted by Crippen LogP contribution is -2.11. The summed E-state index contributed by atoms with van der Waals surface area (Å²) in [7, 11) is 0. The van der Waals surface area contributed by atoms with Gasteiger partial charge in [0.2, 0.25) is 0 Å². The molecular formula is C9H10ClF3N2. The van der Waals surface area contributed by atoms with E-state index in [9.17, 15) is 13.2 Å². The summed E-state index contributed by atoms with van der Waals surface area (Å²) >= 11 is 5.67. The number of halogens is 4. The minimum atomic E-state index is -4.41. The average Bonchev–Trinajstić information content (AvgIpc) is 2.14. The van der Waals surface area contributed by atoms with Crippen LogP contribution in [0, 0.1) is 0 Å². The summed E-state index contributed by atoms with van der Waals surface area (Å²) in [5, 5.41) is 0.0401. The molecule has 2 N–H and O–H groups in total. The molecule has 1 rings (SSSR count). The summed E-state index contributed by atoms with van der Waals surface area (Å²) in [6, 6.07) is 0. The molecule has 1 heterocycles. The van der Waals surface area contributed by atoms with Crippen molar-refractivity contribution in [3.05, 3.63) is 28.5 Å². The molecule has 0 atom stereocenters. The fraction of sp³-hybridized carbons (Fsp3) is 0.444. The Morgan fingerprint density at radius 3 is 2.53 bits per heavy atom. The Bertz CT molecular complexity index is 339. The van der Waals surface area contributed by atoms with Crippen LogP contribution >= 0.6 is 11.6 Å². The molecule has 2 nitrogen and oxygen atoms in total. The van der Waals surface area contributed by atoms with E-state index in [0.29, 0.717) is 13.0 Å². The van der Waals surface area contributed by atoms with Crippen molar-refractivity contribution >= 4 is 11.6 Å². The van der Waals surface area contributed by atoms with Crippen LogP contribution in [0.15, 0.2) is 12.4 Å². The molecule has 0 amide bonds. The second-order valence-corrected chi connectivity index (χ2v) is 3.44. The summed E-state index contributed by atoms with van der Waals surface area (Å²) in [4.78, 5) is 3.44. The standard InChI is InChI=1S/C9H10ClF3N2/c10-8-5-15-4-7(9(11,12)13)6(8)2-1-3-14/h4-5H,1-3,14H2. The van der Waals surface area contributed by atoms with Crippen LogP contribution in [0.5, 0.6) is 0 Å². The Labute approximate surface area is 90.3 Å². The van der Waals surface area contributed by atoms with E-state index in [4.69, 9.17) is 17.3 Å². The maximum atomic E-state index is 12.5. The summed E-state index contributed by atoms with van der Waals surface area (Å²) in [5.74, 6) is 0. The van der Waals surface area contributed by atoms with Gasteiger partial charge in [0.15, 0.2) is 0 Å². The molecule has 1 aromatic rings. The molecule has 1 aromatic heterocycles. The molecule has 0 aliphatic heterocycles. The third-order valence-corrected chi connectivity index (χ3v) is 2.27. The van der Waals surface area contributed by atoms with Crippen LogP contribution in [-0.2, 0) is 12.6 Å². The Morgan fingerprint density at radius 2 is 2.00 bits per heavy atom. The fourth-order valence-corrected chi connectivity index (χ4v) is 1.49. The minimum Gasteiger partial charge on any atom is -0.330 e. The van der Waals surface area contributed by atoms with Gasteiger partial charge in [-0.1, -0.05) is 11.6 Å². The first-order chi connectivity index (χ1) is 6.96. The van der Waals surface area contributed by atoms with E-state index in [2.05, 4.69) is 4.98 Å². The van der Waals surface area contributed by atoms with E-state index < -0.39 is 11.7 Å². The molecule has 6 heteroatoms. The van der Waals surface area contributed by atoms with E-state index in [1.54, 1.807) is 0 Å². The lowest BCUT2D eigenvalue weighted by Gasteiger charge is -2.12. The zero-order chi connectivity index (χ0) is 11.5. The van der Waals surface area contributed by atoms with Crippen LogP contribution in [-0.4, -0.2) is 11.5 Å². The maximum absolute atomic E-state index is 12.5. The summed E-state index contributed by atoms with van der Waals surface area (Å²) in [6.07, 6.45) is -1.73. The highest BCUT2D eigenvalue weighted by Crippen LogP contribution is 2.34. The van der Waals surface area contributed by atoms with Crippen LogP contribution < -0.4 is 5.73 Å². The number of nitrogens with two attached hydrogens (primary N) is 1. The van der Waals surface area contributed by atoms with Crippen molar-refractivity contribution in [1.29, 1.82) is 0 Å². The summed E-state index contributed by atoms with van der Waals surface area (Å²) in [5.41, 5.74) is 4.54. The number of aromatic nitrogens is 1. The molecule has 0 aromatic carbocycles. The van der Waals surface area contributed by atoms with Crippen molar-refractivity contribution in [2.75, 3.05) is 6.54 Å².